The summed E-state index contributed by atoms with van der Waals surface area (Å²) in [5.74, 6) is 0.537. The van der Waals surface area contributed by atoms with Crippen LogP contribution in [0.2, 0.25) is 0 Å². The van der Waals surface area contributed by atoms with Gasteiger partial charge >= 0.3 is 0 Å². The van der Waals surface area contributed by atoms with Crippen molar-refractivity contribution in [3.05, 3.63) is 24.4 Å². The van der Waals surface area contributed by atoms with Gasteiger partial charge in [-0.15, -0.1) is 5.10 Å². The van der Waals surface area contributed by atoms with E-state index in [9.17, 15) is 0 Å². The van der Waals surface area contributed by atoms with Crippen LogP contribution in [0, 0.1) is 0 Å². The van der Waals surface area contributed by atoms with Gasteiger partial charge in [-0.2, -0.15) is 0 Å². The lowest BCUT2D eigenvalue weighted by atomic mass is 10.3. The van der Waals surface area contributed by atoms with E-state index in [2.05, 4.69) is 19.1 Å². The molecular formula is C14H23N4O+. The van der Waals surface area contributed by atoms with E-state index in [0.717, 1.165) is 12.1 Å². The van der Waals surface area contributed by atoms with Crippen molar-refractivity contribution in [1.82, 2.24) is 9.61 Å². The maximum absolute atomic E-state index is 6.02. The predicted molar refractivity (Wildman–Crippen MR) is 76.6 cm³/mol. The Morgan fingerprint density at radius 1 is 1.37 bits per heavy atom. The smallest absolute Gasteiger partial charge is 0.257 e. The fraction of sp³-hybridized carbons (Fsp3) is 0.500. The molecule has 0 aliphatic carbocycles. The van der Waals surface area contributed by atoms with Crippen LogP contribution in [0.3, 0.4) is 0 Å². The highest BCUT2D eigenvalue weighted by atomic mass is 16.5. The van der Waals surface area contributed by atoms with E-state index in [4.69, 9.17) is 10.5 Å². The highest BCUT2D eigenvalue weighted by Crippen LogP contribution is 2.24. The molecule has 19 heavy (non-hydrogen) atoms. The van der Waals surface area contributed by atoms with Crippen LogP contribution in [-0.2, 0) is 0 Å². The molecule has 0 amide bonds. The minimum Gasteiger partial charge on any atom is -0.469 e. The first-order chi connectivity index (χ1) is 9.22. The predicted octanol–water partition coefficient (Wildman–Crippen LogP) is 0.610. The van der Waals surface area contributed by atoms with Crippen LogP contribution in [0.1, 0.15) is 19.8 Å². The zero-order valence-electron chi connectivity index (χ0n) is 11.7. The zero-order valence-corrected chi connectivity index (χ0v) is 11.7. The molecular weight excluding hydrogens is 240 g/mol. The number of unbranched alkanes of at least 4 members (excludes halogenated alkanes) is 1. The molecule has 0 fully saturated rings. The lowest BCUT2D eigenvalue weighted by Gasteiger charge is -2.13. The Balaban J connectivity index is 1.89. The number of hydrogen-bond acceptors (Lipinski definition) is 3. The number of aromatic nitrogens is 2. The molecule has 0 saturated carbocycles. The number of nitrogen functional groups attached to an aromatic ring is 1. The lowest BCUT2D eigenvalue weighted by Crippen LogP contribution is -3.09. The van der Waals surface area contributed by atoms with E-state index in [1.165, 1.54) is 24.3 Å². The summed E-state index contributed by atoms with van der Waals surface area (Å²) in [6, 6.07) is 5.81. The summed E-state index contributed by atoms with van der Waals surface area (Å²) in [5, 5.41) is 4.33. The van der Waals surface area contributed by atoms with Gasteiger partial charge in [0.1, 0.15) is 18.8 Å². The molecule has 0 spiro atoms. The maximum atomic E-state index is 6.02. The van der Waals surface area contributed by atoms with Gasteiger partial charge in [0.2, 0.25) is 0 Å². The Hall–Kier alpha value is -1.75. The van der Waals surface area contributed by atoms with Gasteiger partial charge < -0.3 is 15.4 Å². The molecule has 3 N–H and O–H groups in total. The standard InChI is InChI=1S/C14H22N4O/c1-3-4-8-17(2)10-11-19-14-13(15)12-7-5-6-9-18(12)16-14/h5-7,9H,3-4,8,10-11,15H2,1-2H3/p+1. The van der Waals surface area contributed by atoms with Crippen LogP contribution in [-0.4, -0.2) is 36.4 Å². The van der Waals surface area contributed by atoms with Crippen LogP contribution in [0.5, 0.6) is 5.88 Å². The number of hydrogen-bond donors (Lipinski definition) is 2. The van der Waals surface area contributed by atoms with E-state index in [-0.39, 0.29) is 0 Å². The molecule has 5 heteroatoms. The average molecular weight is 263 g/mol. The highest BCUT2D eigenvalue weighted by molar-refractivity contribution is 5.74. The molecule has 104 valence electrons. The number of likely N-dealkylation sites (N-methyl/N-ethyl adjacent to an activating group) is 1. The van der Waals surface area contributed by atoms with Crippen LogP contribution < -0.4 is 15.4 Å². The quantitative estimate of drug-likeness (QED) is 0.769. The van der Waals surface area contributed by atoms with Crippen molar-refractivity contribution in [2.75, 3.05) is 32.5 Å². The van der Waals surface area contributed by atoms with Crippen molar-refractivity contribution in [2.45, 2.75) is 19.8 Å². The van der Waals surface area contributed by atoms with Gasteiger partial charge in [-0.25, -0.2) is 4.52 Å². The monoisotopic (exact) mass is 263 g/mol. The number of ether oxygens (including phenoxy) is 1. The number of pyridine rings is 1. The van der Waals surface area contributed by atoms with Crippen LogP contribution in [0.4, 0.5) is 5.69 Å². The van der Waals surface area contributed by atoms with Crippen molar-refractivity contribution < 1.29 is 9.64 Å². The molecule has 2 aromatic heterocycles. The summed E-state index contributed by atoms with van der Waals surface area (Å²) >= 11 is 0. The largest absolute Gasteiger partial charge is 0.469 e. The number of fused-ring (bicyclic) bond motifs is 1. The molecule has 0 aliphatic rings. The molecule has 0 aliphatic heterocycles. The first-order valence-corrected chi connectivity index (χ1v) is 6.89. The van der Waals surface area contributed by atoms with Crippen LogP contribution in [0.15, 0.2) is 24.4 Å². The van der Waals surface area contributed by atoms with Gasteiger partial charge in [0.25, 0.3) is 5.88 Å². The zero-order chi connectivity index (χ0) is 13.7. The molecule has 2 heterocycles. The molecule has 1 atom stereocenters. The Kier molecular flexibility index (Phi) is 4.63. The fourth-order valence-corrected chi connectivity index (χ4v) is 2.03. The molecule has 2 rings (SSSR count). The van der Waals surface area contributed by atoms with E-state index >= 15 is 0 Å². The number of rotatable bonds is 7. The summed E-state index contributed by atoms with van der Waals surface area (Å²) in [4.78, 5) is 1.48. The lowest BCUT2D eigenvalue weighted by molar-refractivity contribution is -0.879. The summed E-state index contributed by atoms with van der Waals surface area (Å²) in [5.41, 5.74) is 7.53. The van der Waals surface area contributed by atoms with Crippen molar-refractivity contribution in [2.24, 2.45) is 0 Å². The minimum atomic E-state index is 0.537. The van der Waals surface area contributed by atoms with Gasteiger partial charge in [-0.1, -0.05) is 19.4 Å². The number of quaternary nitrogens is 1. The van der Waals surface area contributed by atoms with E-state index in [1.807, 2.05) is 24.4 Å². The molecule has 0 bridgehead atoms. The van der Waals surface area contributed by atoms with Crippen molar-refractivity contribution in [3.63, 3.8) is 0 Å². The van der Waals surface area contributed by atoms with E-state index < -0.39 is 0 Å². The molecule has 5 nitrogen and oxygen atoms in total. The second-order valence-electron chi connectivity index (χ2n) is 4.91. The summed E-state index contributed by atoms with van der Waals surface area (Å²) in [6.45, 7) is 5.00. The topological polar surface area (TPSA) is 57.0 Å². The van der Waals surface area contributed by atoms with Crippen LogP contribution in [0.25, 0.3) is 5.52 Å². The third-order valence-electron chi connectivity index (χ3n) is 3.27. The van der Waals surface area contributed by atoms with Gasteiger partial charge in [-0.3, -0.25) is 0 Å². The Morgan fingerprint density at radius 2 is 2.21 bits per heavy atom. The Bertz CT molecular complexity index is 523. The van der Waals surface area contributed by atoms with Gasteiger partial charge in [0, 0.05) is 6.20 Å². The highest BCUT2D eigenvalue weighted by Gasteiger charge is 2.10. The van der Waals surface area contributed by atoms with Gasteiger partial charge in [-0.05, 0) is 18.6 Å². The van der Waals surface area contributed by atoms with Crippen molar-refractivity contribution >= 4 is 11.2 Å². The molecule has 0 aromatic carbocycles. The Labute approximate surface area is 114 Å². The van der Waals surface area contributed by atoms with Gasteiger partial charge in [0.15, 0.2) is 0 Å². The number of nitrogens with one attached hydrogen (secondary N) is 1. The number of nitrogens with zero attached hydrogens (tertiary/aromatic N) is 2. The van der Waals surface area contributed by atoms with E-state index in [1.54, 1.807) is 4.52 Å². The molecule has 0 saturated heterocycles. The maximum Gasteiger partial charge on any atom is 0.257 e. The normalized spacial score (nSPS) is 12.7. The third-order valence-corrected chi connectivity index (χ3v) is 3.27. The first kappa shape index (κ1) is 13.7. The fourth-order valence-electron chi connectivity index (χ4n) is 2.03. The molecule has 2 aromatic rings. The van der Waals surface area contributed by atoms with Crippen molar-refractivity contribution in [3.8, 4) is 5.88 Å². The molecule has 1 unspecified atom stereocenters. The average Bonchev–Trinajstić information content (AvgIpc) is 2.74. The first-order valence-electron chi connectivity index (χ1n) is 6.89. The van der Waals surface area contributed by atoms with Crippen LogP contribution >= 0.6 is 0 Å². The minimum absolute atomic E-state index is 0.537. The summed E-state index contributed by atoms with van der Waals surface area (Å²) < 4.78 is 7.44. The summed E-state index contributed by atoms with van der Waals surface area (Å²) in [7, 11) is 2.19. The Morgan fingerprint density at radius 3 is 2.95 bits per heavy atom. The third kappa shape index (κ3) is 3.38. The second kappa shape index (κ2) is 6.43. The number of anilines is 1. The van der Waals surface area contributed by atoms with Gasteiger partial charge in [0.05, 0.1) is 19.1 Å². The second-order valence-corrected chi connectivity index (χ2v) is 4.91. The SMILES string of the molecule is CCCC[NH+](C)CCOc1nn2ccccc2c1N. The summed E-state index contributed by atoms with van der Waals surface area (Å²) in [6.07, 6.45) is 4.36. The molecule has 0 radical (unpaired) electrons. The number of nitrogens with two attached hydrogens (primary N) is 1. The van der Waals surface area contributed by atoms with Crippen molar-refractivity contribution in [1.29, 1.82) is 0 Å². The van der Waals surface area contributed by atoms with E-state index in [0.29, 0.717) is 18.2 Å².